The smallest absolute Gasteiger partial charge is 0.340 e. The van der Waals surface area contributed by atoms with Crippen molar-refractivity contribution in [3.05, 3.63) is 29.8 Å². The van der Waals surface area contributed by atoms with Crippen LogP contribution in [0, 0.1) is 5.92 Å². The Hall–Kier alpha value is -1.91. The molecule has 0 aliphatic heterocycles. The summed E-state index contributed by atoms with van der Waals surface area (Å²) in [5.74, 6) is 0.0980. The van der Waals surface area contributed by atoms with Crippen LogP contribution in [0.2, 0.25) is 0 Å². The number of carbonyl (C=O) groups is 1. The molecule has 1 aromatic rings. The van der Waals surface area contributed by atoms with Crippen molar-refractivity contribution >= 4 is 11.7 Å². The van der Waals surface area contributed by atoms with E-state index in [1.54, 1.807) is 23.2 Å². The van der Waals surface area contributed by atoms with E-state index in [0.717, 1.165) is 6.54 Å². The maximum atomic E-state index is 11.5. The average Bonchev–Trinajstić information content (AvgIpc) is 2.35. The van der Waals surface area contributed by atoms with Crippen molar-refractivity contribution in [2.45, 2.75) is 13.8 Å². The van der Waals surface area contributed by atoms with Crippen LogP contribution in [-0.4, -0.2) is 31.7 Å². The molecule has 1 aromatic carbocycles. The highest BCUT2D eigenvalue weighted by molar-refractivity contribution is 5.94. The molecule has 0 saturated carbocycles. The lowest BCUT2D eigenvalue weighted by Crippen LogP contribution is -2.16. The number of methoxy groups -OCH3 is 1. The normalized spacial score (nSPS) is 10.9. The number of hydrogen-bond donors (Lipinski definition) is 0. The van der Waals surface area contributed by atoms with Gasteiger partial charge in [0.05, 0.1) is 12.7 Å². The van der Waals surface area contributed by atoms with Gasteiger partial charge >= 0.3 is 5.97 Å². The summed E-state index contributed by atoms with van der Waals surface area (Å²) in [6.45, 7) is 5.02. The molecule has 0 amide bonds. The van der Waals surface area contributed by atoms with E-state index in [-0.39, 0.29) is 0 Å². The van der Waals surface area contributed by atoms with Gasteiger partial charge < -0.3 is 4.74 Å². The van der Waals surface area contributed by atoms with Gasteiger partial charge in [0.2, 0.25) is 0 Å². The SMILES string of the molecule is COC(=O)c1ccccc1N=NN(C)CC(C)C. The molecule has 0 aliphatic carbocycles. The monoisotopic (exact) mass is 249 g/mol. The Morgan fingerprint density at radius 1 is 1.39 bits per heavy atom. The van der Waals surface area contributed by atoms with E-state index in [1.807, 2.05) is 13.1 Å². The second-order valence-electron chi connectivity index (χ2n) is 4.43. The topological polar surface area (TPSA) is 54.3 Å². The zero-order valence-electron chi connectivity index (χ0n) is 11.3. The van der Waals surface area contributed by atoms with Crippen molar-refractivity contribution in [1.29, 1.82) is 0 Å². The summed E-state index contributed by atoms with van der Waals surface area (Å²) in [4.78, 5) is 11.5. The fraction of sp³-hybridized carbons (Fsp3) is 0.462. The number of esters is 1. The first kappa shape index (κ1) is 14.2. The summed E-state index contributed by atoms with van der Waals surface area (Å²) in [6, 6.07) is 6.98. The van der Waals surface area contributed by atoms with Gasteiger partial charge in [-0.15, -0.1) is 5.11 Å². The molecule has 0 fully saturated rings. The van der Waals surface area contributed by atoms with Crippen molar-refractivity contribution in [3.8, 4) is 0 Å². The van der Waals surface area contributed by atoms with Crippen molar-refractivity contribution in [2.75, 3.05) is 20.7 Å². The first-order valence-corrected chi connectivity index (χ1v) is 5.84. The lowest BCUT2D eigenvalue weighted by molar-refractivity contribution is 0.0601. The average molecular weight is 249 g/mol. The Kier molecular flexibility index (Phi) is 5.30. The van der Waals surface area contributed by atoms with Crippen molar-refractivity contribution in [1.82, 2.24) is 5.01 Å². The van der Waals surface area contributed by atoms with Gasteiger partial charge in [-0.2, -0.15) is 0 Å². The molecular weight excluding hydrogens is 230 g/mol. The first-order chi connectivity index (χ1) is 8.54. The highest BCUT2D eigenvalue weighted by Gasteiger charge is 2.10. The maximum Gasteiger partial charge on any atom is 0.340 e. The molecular formula is C13H19N3O2. The van der Waals surface area contributed by atoms with E-state index in [1.165, 1.54) is 7.11 Å². The third-order valence-corrected chi connectivity index (χ3v) is 2.24. The molecule has 0 bridgehead atoms. The van der Waals surface area contributed by atoms with Gasteiger partial charge in [-0.25, -0.2) is 4.79 Å². The lowest BCUT2D eigenvalue weighted by Gasteiger charge is -2.13. The Morgan fingerprint density at radius 2 is 2.06 bits per heavy atom. The van der Waals surface area contributed by atoms with Gasteiger partial charge in [-0.1, -0.05) is 31.2 Å². The van der Waals surface area contributed by atoms with Crippen LogP contribution in [0.4, 0.5) is 5.69 Å². The Morgan fingerprint density at radius 3 is 2.67 bits per heavy atom. The summed E-state index contributed by atoms with van der Waals surface area (Å²) in [5, 5.41) is 9.89. The fourth-order valence-electron chi connectivity index (χ4n) is 1.53. The van der Waals surface area contributed by atoms with Gasteiger partial charge in [0, 0.05) is 13.6 Å². The minimum Gasteiger partial charge on any atom is -0.465 e. The lowest BCUT2D eigenvalue weighted by atomic mass is 10.2. The number of nitrogens with zero attached hydrogens (tertiary/aromatic N) is 3. The number of ether oxygens (including phenoxy) is 1. The van der Waals surface area contributed by atoms with Crippen LogP contribution in [0.25, 0.3) is 0 Å². The zero-order chi connectivity index (χ0) is 13.5. The van der Waals surface area contributed by atoms with E-state index >= 15 is 0 Å². The number of rotatable bonds is 5. The molecule has 18 heavy (non-hydrogen) atoms. The Labute approximate surface area is 107 Å². The largest absolute Gasteiger partial charge is 0.465 e. The zero-order valence-corrected chi connectivity index (χ0v) is 11.3. The van der Waals surface area contributed by atoms with Crippen molar-refractivity contribution in [3.63, 3.8) is 0 Å². The van der Waals surface area contributed by atoms with E-state index < -0.39 is 5.97 Å². The predicted molar refractivity (Wildman–Crippen MR) is 69.8 cm³/mol. The third kappa shape index (κ3) is 4.16. The summed E-state index contributed by atoms with van der Waals surface area (Å²) >= 11 is 0. The van der Waals surface area contributed by atoms with Gasteiger partial charge in [-0.3, -0.25) is 5.01 Å². The summed E-state index contributed by atoms with van der Waals surface area (Å²) < 4.78 is 4.69. The van der Waals surface area contributed by atoms with Crippen LogP contribution in [0.15, 0.2) is 34.6 Å². The third-order valence-electron chi connectivity index (χ3n) is 2.24. The maximum absolute atomic E-state index is 11.5. The number of hydrogen-bond acceptors (Lipinski definition) is 4. The second kappa shape index (κ2) is 6.74. The standard InChI is InChI=1S/C13H19N3O2/c1-10(2)9-16(3)15-14-12-8-6-5-7-11(12)13(17)18-4/h5-8,10H,9H2,1-4H3. The van der Waals surface area contributed by atoms with E-state index in [0.29, 0.717) is 17.2 Å². The highest BCUT2D eigenvalue weighted by atomic mass is 16.5. The van der Waals surface area contributed by atoms with Gasteiger partial charge in [0.25, 0.3) is 0 Å². The molecule has 1 rings (SSSR count). The van der Waals surface area contributed by atoms with Crippen molar-refractivity contribution in [2.24, 2.45) is 16.3 Å². The fourth-order valence-corrected chi connectivity index (χ4v) is 1.53. The molecule has 0 atom stereocenters. The quantitative estimate of drug-likeness (QED) is 0.458. The molecule has 0 radical (unpaired) electrons. The van der Waals surface area contributed by atoms with E-state index in [2.05, 4.69) is 24.2 Å². The second-order valence-corrected chi connectivity index (χ2v) is 4.43. The first-order valence-electron chi connectivity index (χ1n) is 5.84. The molecule has 0 spiro atoms. The summed E-state index contributed by atoms with van der Waals surface area (Å²) in [6.07, 6.45) is 0. The Bertz CT molecular complexity index is 430. The molecule has 0 unspecified atom stereocenters. The van der Waals surface area contributed by atoms with Gasteiger partial charge in [0.15, 0.2) is 0 Å². The van der Waals surface area contributed by atoms with Crippen LogP contribution >= 0.6 is 0 Å². The minimum atomic E-state index is -0.406. The van der Waals surface area contributed by atoms with E-state index in [9.17, 15) is 4.79 Å². The molecule has 0 N–H and O–H groups in total. The van der Waals surface area contributed by atoms with Crippen LogP contribution in [-0.2, 0) is 4.74 Å². The minimum absolute atomic E-state index is 0.406. The molecule has 0 heterocycles. The van der Waals surface area contributed by atoms with Crippen LogP contribution in [0.5, 0.6) is 0 Å². The van der Waals surface area contributed by atoms with Crippen LogP contribution in [0.3, 0.4) is 0 Å². The van der Waals surface area contributed by atoms with Gasteiger partial charge in [-0.05, 0) is 18.1 Å². The number of benzene rings is 1. The van der Waals surface area contributed by atoms with Gasteiger partial charge in [0.1, 0.15) is 5.69 Å². The number of carbonyl (C=O) groups excluding carboxylic acids is 1. The molecule has 0 aromatic heterocycles. The highest BCUT2D eigenvalue weighted by Crippen LogP contribution is 2.20. The predicted octanol–water partition coefficient (Wildman–Crippen LogP) is 3.06. The van der Waals surface area contributed by atoms with E-state index in [4.69, 9.17) is 4.74 Å². The van der Waals surface area contributed by atoms with Crippen LogP contribution in [0.1, 0.15) is 24.2 Å². The molecule has 0 saturated heterocycles. The summed E-state index contributed by atoms with van der Waals surface area (Å²) in [7, 11) is 3.20. The summed E-state index contributed by atoms with van der Waals surface area (Å²) in [5.41, 5.74) is 0.932. The molecule has 0 aliphatic rings. The molecule has 5 heteroatoms. The Balaban J connectivity index is 2.84. The molecule has 5 nitrogen and oxygen atoms in total. The van der Waals surface area contributed by atoms with Crippen molar-refractivity contribution < 1.29 is 9.53 Å². The van der Waals surface area contributed by atoms with Crippen LogP contribution < -0.4 is 0 Å². The molecule has 98 valence electrons.